The van der Waals surface area contributed by atoms with E-state index in [1.165, 1.54) is 0 Å². The number of phenols is 1. The molecule has 3 heteroatoms. The summed E-state index contributed by atoms with van der Waals surface area (Å²) >= 11 is 0. The third kappa shape index (κ3) is 2.83. The maximum absolute atomic E-state index is 10.0. The van der Waals surface area contributed by atoms with E-state index in [4.69, 9.17) is 4.42 Å². The van der Waals surface area contributed by atoms with Gasteiger partial charge < -0.3 is 14.6 Å². The average molecular weight is 280 g/mol. The predicted molar refractivity (Wildman–Crippen MR) is 83.0 cm³/mol. The van der Waals surface area contributed by atoms with Crippen LogP contribution >= 0.6 is 0 Å². The fourth-order valence-corrected chi connectivity index (χ4v) is 2.36. The Hall–Kier alpha value is -2.52. The van der Waals surface area contributed by atoms with Crippen LogP contribution < -0.4 is 0 Å². The van der Waals surface area contributed by atoms with Crippen LogP contribution in [0.3, 0.4) is 0 Å². The number of allylic oxidation sites excluding steroid dienone is 1. The molecular weight excluding hydrogens is 264 g/mol. The first-order valence-corrected chi connectivity index (χ1v) is 6.82. The van der Waals surface area contributed by atoms with Gasteiger partial charge in [0.25, 0.3) is 0 Å². The summed E-state index contributed by atoms with van der Waals surface area (Å²) in [6.07, 6.45) is 6.14. The van der Waals surface area contributed by atoms with Gasteiger partial charge >= 0.3 is 0 Å². The Morgan fingerprint density at radius 3 is 2.76 bits per heavy atom. The van der Waals surface area contributed by atoms with Gasteiger partial charge in [0.2, 0.25) is 0 Å². The van der Waals surface area contributed by atoms with E-state index in [2.05, 4.69) is 0 Å². The van der Waals surface area contributed by atoms with Crippen LogP contribution in [-0.2, 0) is 13.0 Å². The highest BCUT2D eigenvalue weighted by Crippen LogP contribution is 2.26. The molecule has 0 radical (unpaired) electrons. The molecule has 106 valence electrons. The Balaban J connectivity index is 1.82. The third-order valence-electron chi connectivity index (χ3n) is 3.51. The smallest absolute Gasteiger partial charge is 0.134 e. The number of benzene rings is 2. The summed E-state index contributed by atoms with van der Waals surface area (Å²) in [5, 5.41) is 20.2. The highest BCUT2D eigenvalue weighted by molar-refractivity contribution is 5.80. The summed E-state index contributed by atoms with van der Waals surface area (Å²) < 4.78 is 5.35. The van der Waals surface area contributed by atoms with E-state index in [1.54, 1.807) is 12.3 Å². The highest BCUT2D eigenvalue weighted by Gasteiger charge is 2.04. The fraction of sp³-hybridized carbons (Fsp3) is 0.111. The number of fused-ring (bicyclic) bond motifs is 1. The molecule has 0 aliphatic rings. The minimum Gasteiger partial charge on any atom is -0.508 e. The molecule has 0 bridgehead atoms. The van der Waals surface area contributed by atoms with Crippen LogP contribution in [0.2, 0.25) is 0 Å². The molecule has 0 amide bonds. The largest absolute Gasteiger partial charge is 0.508 e. The molecule has 1 aromatic heterocycles. The molecule has 0 fully saturated rings. The van der Waals surface area contributed by atoms with Crippen molar-refractivity contribution in [3.05, 3.63) is 71.5 Å². The Morgan fingerprint density at radius 1 is 1.05 bits per heavy atom. The molecule has 0 spiro atoms. The summed E-state index contributed by atoms with van der Waals surface area (Å²) in [4.78, 5) is 0. The zero-order valence-corrected chi connectivity index (χ0v) is 11.5. The van der Waals surface area contributed by atoms with Crippen LogP contribution in [0.25, 0.3) is 17.0 Å². The van der Waals surface area contributed by atoms with Crippen LogP contribution in [0.5, 0.6) is 5.75 Å². The first kappa shape index (κ1) is 13.5. The van der Waals surface area contributed by atoms with Gasteiger partial charge in [0, 0.05) is 10.9 Å². The molecule has 3 nitrogen and oxygen atoms in total. The van der Waals surface area contributed by atoms with Gasteiger partial charge in [-0.3, -0.25) is 0 Å². The van der Waals surface area contributed by atoms with Crippen molar-refractivity contribution in [3.63, 3.8) is 0 Å². The van der Waals surface area contributed by atoms with Gasteiger partial charge in [0.05, 0.1) is 12.9 Å². The third-order valence-corrected chi connectivity index (χ3v) is 3.51. The lowest BCUT2D eigenvalue weighted by molar-refractivity contribution is 0.281. The van der Waals surface area contributed by atoms with Gasteiger partial charge in [-0.1, -0.05) is 36.4 Å². The standard InChI is InChI=1S/C18H16O3/c19-12-16-5-2-1-4-13(16)6-3-7-14-11-18-15(8-9-21-18)10-17(14)20/h1-6,8-11,19-20H,7,12H2. The van der Waals surface area contributed by atoms with Crippen molar-refractivity contribution in [3.8, 4) is 5.75 Å². The maximum atomic E-state index is 10.0. The van der Waals surface area contributed by atoms with Crippen LogP contribution in [0.1, 0.15) is 16.7 Å². The molecule has 0 unspecified atom stereocenters. The lowest BCUT2D eigenvalue weighted by Gasteiger charge is -2.03. The van der Waals surface area contributed by atoms with E-state index < -0.39 is 0 Å². The van der Waals surface area contributed by atoms with E-state index in [0.29, 0.717) is 6.42 Å². The lowest BCUT2D eigenvalue weighted by atomic mass is 10.0. The number of phenolic OH excluding ortho intramolecular Hbond substituents is 1. The van der Waals surface area contributed by atoms with Crippen molar-refractivity contribution in [1.29, 1.82) is 0 Å². The Labute approximate surface area is 122 Å². The maximum Gasteiger partial charge on any atom is 0.134 e. The molecule has 21 heavy (non-hydrogen) atoms. The summed E-state index contributed by atoms with van der Waals surface area (Å²) in [6, 6.07) is 13.1. The minimum atomic E-state index is 0.0180. The van der Waals surface area contributed by atoms with Crippen molar-refractivity contribution in [2.24, 2.45) is 0 Å². The van der Waals surface area contributed by atoms with Crippen molar-refractivity contribution in [2.45, 2.75) is 13.0 Å². The SMILES string of the molecule is OCc1ccccc1C=CCc1cc2occc2cc1O. The summed E-state index contributed by atoms with van der Waals surface area (Å²) in [5.41, 5.74) is 3.46. The highest BCUT2D eigenvalue weighted by atomic mass is 16.3. The first-order chi connectivity index (χ1) is 10.3. The molecule has 2 N–H and O–H groups in total. The van der Waals surface area contributed by atoms with Gasteiger partial charge in [-0.2, -0.15) is 0 Å². The quantitative estimate of drug-likeness (QED) is 0.762. The fourth-order valence-electron chi connectivity index (χ4n) is 2.36. The Kier molecular flexibility index (Phi) is 3.75. The van der Waals surface area contributed by atoms with Crippen LogP contribution in [0, 0.1) is 0 Å². The molecule has 3 aromatic rings. The van der Waals surface area contributed by atoms with Crippen molar-refractivity contribution in [2.75, 3.05) is 0 Å². The van der Waals surface area contributed by atoms with Crippen LogP contribution in [0.4, 0.5) is 0 Å². The number of aliphatic hydroxyl groups is 1. The number of hydrogen-bond acceptors (Lipinski definition) is 3. The number of aliphatic hydroxyl groups excluding tert-OH is 1. The van der Waals surface area contributed by atoms with Gasteiger partial charge in [-0.05, 0) is 35.7 Å². The molecule has 0 aliphatic heterocycles. The molecule has 1 heterocycles. The second kappa shape index (κ2) is 5.85. The van der Waals surface area contributed by atoms with Crippen LogP contribution in [0.15, 0.2) is 59.2 Å². The van der Waals surface area contributed by atoms with E-state index in [-0.39, 0.29) is 12.4 Å². The minimum absolute atomic E-state index is 0.0180. The van der Waals surface area contributed by atoms with Gasteiger partial charge in [0.15, 0.2) is 0 Å². The summed E-state index contributed by atoms with van der Waals surface area (Å²) in [5.74, 6) is 0.268. The number of aromatic hydroxyl groups is 1. The topological polar surface area (TPSA) is 53.6 Å². The van der Waals surface area contributed by atoms with E-state index >= 15 is 0 Å². The molecule has 3 rings (SSSR count). The van der Waals surface area contributed by atoms with Crippen LogP contribution in [-0.4, -0.2) is 10.2 Å². The Morgan fingerprint density at radius 2 is 1.90 bits per heavy atom. The first-order valence-electron chi connectivity index (χ1n) is 6.82. The number of furan rings is 1. The molecule has 2 aromatic carbocycles. The molecular formula is C18H16O3. The molecule has 0 saturated heterocycles. The van der Waals surface area contributed by atoms with Gasteiger partial charge in [0.1, 0.15) is 11.3 Å². The summed E-state index contributed by atoms with van der Waals surface area (Å²) in [6.45, 7) is 0.0180. The molecule has 0 atom stereocenters. The predicted octanol–water partition coefficient (Wildman–Crippen LogP) is 3.89. The van der Waals surface area contributed by atoms with E-state index in [9.17, 15) is 10.2 Å². The number of hydrogen-bond donors (Lipinski definition) is 2. The van der Waals surface area contributed by atoms with Gasteiger partial charge in [-0.25, -0.2) is 0 Å². The Bertz CT molecular complexity index is 784. The van der Waals surface area contributed by atoms with Crippen molar-refractivity contribution < 1.29 is 14.6 Å². The summed E-state index contributed by atoms with van der Waals surface area (Å²) in [7, 11) is 0. The van der Waals surface area contributed by atoms with E-state index in [1.807, 2.05) is 48.6 Å². The molecule has 0 aliphatic carbocycles. The number of rotatable bonds is 4. The van der Waals surface area contributed by atoms with Gasteiger partial charge in [-0.15, -0.1) is 0 Å². The monoisotopic (exact) mass is 280 g/mol. The van der Waals surface area contributed by atoms with E-state index in [0.717, 1.165) is 27.7 Å². The molecule has 0 saturated carbocycles. The van der Waals surface area contributed by atoms with Crippen molar-refractivity contribution >= 4 is 17.0 Å². The second-order valence-electron chi connectivity index (χ2n) is 4.90. The zero-order valence-electron chi connectivity index (χ0n) is 11.5. The second-order valence-corrected chi connectivity index (χ2v) is 4.90. The normalized spacial score (nSPS) is 11.5. The van der Waals surface area contributed by atoms with Crippen molar-refractivity contribution in [1.82, 2.24) is 0 Å². The lowest BCUT2D eigenvalue weighted by Crippen LogP contribution is -1.87. The zero-order chi connectivity index (χ0) is 14.7. The average Bonchev–Trinajstić information content (AvgIpc) is 2.95.